The second-order valence-corrected chi connectivity index (χ2v) is 7.44. The van der Waals surface area contributed by atoms with Crippen LogP contribution in [0.2, 0.25) is 0 Å². The van der Waals surface area contributed by atoms with Crippen LogP contribution in [0.3, 0.4) is 0 Å². The van der Waals surface area contributed by atoms with Gasteiger partial charge in [0.05, 0.1) is 30.1 Å². The highest BCUT2D eigenvalue weighted by Gasteiger charge is 2.12. The zero-order valence-corrected chi connectivity index (χ0v) is 15.8. The van der Waals surface area contributed by atoms with Crippen molar-refractivity contribution in [3.63, 3.8) is 0 Å². The number of aryl methyl sites for hydroxylation is 1. The molecule has 3 aromatic rings. The van der Waals surface area contributed by atoms with Gasteiger partial charge < -0.3 is 4.74 Å². The number of ether oxygens (including phenoxy) is 1. The van der Waals surface area contributed by atoms with E-state index in [1.165, 1.54) is 6.21 Å². The van der Waals surface area contributed by atoms with E-state index in [0.29, 0.717) is 5.56 Å². The highest BCUT2D eigenvalue weighted by atomic mass is 32.2. The van der Waals surface area contributed by atoms with Gasteiger partial charge in [0.2, 0.25) is 0 Å². The molecule has 2 N–H and O–H groups in total. The van der Waals surface area contributed by atoms with E-state index in [4.69, 9.17) is 4.74 Å². The summed E-state index contributed by atoms with van der Waals surface area (Å²) in [6.07, 6.45) is 3.84. The highest BCUT2D eigenvalue weighted by Crippen LogP contribution is 2.22. The maximum absolute atomic E-state index is 12.3. The van der Waals surface area contributed by atoms with Gasteiger partial charge >= 0.3 is 0 Å². The minimum Gasteiger partial charge on any atom is -0.497 e. The molecule has 0 amide bonds. The molecule has 2 aromatic carbocycles. The average molecular weight is 384 g/mol. The van der Waals surface area contributed by atoms with E-state index in [0.717, 1.165) is 29.0 Å². The number of H-pyrrole nitrogens is 1. The van der Waals surface area contributed by atoms with Crippen LogP contribution in [0.15, 0.2) is 64.7 Å². The number of hydrogen-bond acceptors (Lipinski definition) is 5. The smallest absolute Gasteiger partial charge is 0.276 e. The van der Waals surface area contributed by atoms with E-state index in [9.17, 15) is 8.42 Å². The Morgan fingerprint density at radius 2 is 1.85 bits per heavy atom. The van der Waals surface area contributed by atoms with Crippen molar-refractivity contribution in [2.24, 2.45) is 5.10 Å². The van der Waals surface area contributed by atoms with Crippen LogP contribution >= 0.6 is 0 Å². The number of hydrazone groups is 1. The van der Waals surface area contributed by atoms with Gasteiger partial charge in [-0.2, -0.15) is 18.6 Å². The molecule has 0 saturated heterocycles. The third-order valence-corrected chi connectivity index (χ3v) is 5.30. The molecule has 3 rings (SSSR count). The molecular weight excluding hydrogens is 364 g/mol. The van der Waals surface area contributed by atoms with Crippen LogP contribution in [0.5, 0.6) is 5.75 Å². The summed E-state index contributed by atoms with van der Waals surface area (Å²) in [5.41, 5.74) is 3.34. The SMILES string of the molecule is CCc1ccc(S(=O)(=O)NN=Cc2cn[nH]c2-c2ccc(OC)cc2)cc1. The van der Waals surface area contributed by atoms with E-state index >= 15 is 0 Å². The van der Waals surface area contributed by atoms with Gasteiger partial charge in [-0.3, -0.25) is 5.10 Å². The summed E-state index contributed by atoms with van der Waals surface area (Å²) >= 11 is 0. The third kappa shape index (κ3) is 4.35. The molecular formula is C19H20N4O3S. The van der Waals surface area contributed by atoms with E-state index in [2.05, 4.69) is 20.1 Å². The van der Waals surface area contributed by atoms with Crippen molar-refractivity contribution in [1.29, 1.82) is 0 Å². The molecule has 0 fully saturated rings. The first-order valence-corrected chi connectivity index (χ1v) is 9.83. The number of aromatic amines is 1. The quantitative estimate of drug-likeness (QED) is 0.483. The lowest BCUT2D eigenvalue weighted by molar-refractivity contribution is 0.415. The van der Waals surface area contributed by atoms with E-state index in [1.54, 1.807) is 37.6 Å². The number of hydrogen-bond donors (Lipinski definition) is 2. The second kappa shape index (κ2) is 8.05. The summed E-state index contributed by atoms with van der Waals surface area (Å²) in [5, 5.41) is 10.8. The van der Waals surface area contributed by atoms with Crippen molar-refractivity contribution in [1.82, 2.24) is 15.0 Å². The lowest BCUT2D eigenvalue weighted by atomic mass is 10.1. The summed E-state index contributed by atoms with van der Waals surface area (Å²) < 4.78 is 29.8. The molecule has 27 heavy (non-hydrogen) atoms. The molecule has 1 heterocycles. The monoisotopic (exact) mass is 384 g/mol. The van der Waals surface area contributed by atoms with Crippen molar-refractivity contribution >= 4 is 16.2 Å². The summed E-state index contributed by atoms with van der Waals surface area (Å²) in [4.78, 5) is 2.39. The van der Waals surface area contributed by atoms with Gasteiger partial charge in [-0.15, -0.1) is 0 Å². The first-order valence-electron chi connectivity index (χ1n) is 8.35. The number of methoxy groups -OCH3 is 1. The third-order valence-electron chi connectivity index (χ3n) is 4.07. The first kappa shape index (κ1) is 18.7. The Morgan fingerprint density at radius 1 is 1.15 bits per heavy atom. The van der Waals surface area contributed by atoms with Crippen molar-refractivity contribution in [3.8, 4) is 17.0 Å². The van der Waals surface area contributed by atoms with Crippen molar-refractivity contribution < 1.29 is 13.2 Å². The number of rotatable bonds is 7. The fraction of sp³-hybridized carbons (Fsp3) is 0.158. The Bertz CT molecular complexity index is 1020. The minimum atomic E-state index is -3.72. The minimum absolute atomic E-state index is 0.166. The maximum atomic E-state index is 12.3. The van der Waals surface area contributed by atoms with E-state index < -0.39 is 10.0 Å². The zero-order chi connectivity index (χ0) is 19.3. The Labute approximate surface area is 158 Å². The normalized spacial score (nSPS) is 11.6. The fourth-order valence-electron chi connectivity index (χ4n) is 2.50. The van der Waals surface area contributed by atoms with Gasteiger partial charge in [0.25, 0.3) is 10.0 Å². The molecule has 0 spiro atoms. The lowest BCUT2D eigenvalue weighted by Gasteiger charge is -2.05. The van der Waals surface area contributed by atoms with Crippen LogP contribution in [0.1, 0.15) is 18.1 Å². The number of nitrogens with zero attached hydrogens (tertiary/aromatic N) is 2. The number of aromatic nitrogens is 2. The van der Waals surface area contributed by atoms with Gasteiger partial charge in [0.1, 0.15) is 5.75 Å². The molecule has 0 unspecified atom stereocenters. The highest BCUT2D eigenvalue weighted by molar-refractivity contribution is 7.89. The molecule has 8 heteroatoms. The maximum Gasteiger partial charge on any atom is 0.276 e. The van der Waals surface area contributed by atoms with Gasteiger partial charge in [0, 0.05) is 11.1 Å². The Hall–Kier alpha value is -3.13. The topological polar surface area (TPSA) is 96.4 Å². The summed E-state index contributed by atoms with van der Waals surface area (Å²) in [6.45, 7) is 2.01. The Morgan fingerprint density at radius 3 is 2.48 bits per heavy atom. The predicted octanol–water partition coefficient (Wildman–Crippen LogP) is 2.96. The molecule has 7 nitrogen and oxygen atoms in total. The first-order chi connectivity index (χ1) is 13.0. The fourth-order valence-corrected chi connectivity index (χ4v) is 3.30. The van der Waals surface area contributed by atoms with Crippen LogP contribution < -0.4 is 9.57 Å². The Balaban J connectivity index is 1.75. The number of benzene rings is 2. The molecule has 0 aliphatic carbocycles. The number of nitrogens with one attached hydrogen (secondary N) is 2. The van der Waals surface area contributed by atoms with Crippen LogP contribution in [0.25, 0.3) is 11.3 Å². The standard InChI is InChI=1S/C19H20N4O3S/c1-3-14-4-10-18(11-5-14)27(24,25)23-21-13-16-12-20-22-19(16)15-6-8-17(26-2)9-7-15/h4-13,23H,3H2,1-2H3,(H,20,22). The molecule has 0 radical (unpaired) electrons. The van der Waals surface area contributed by atoms with Crippen molar-refractivity contribution in [3.05, 3.63) is 65.9 Å². The lowest BCUT2D eigenvalue weighted by Crippen LogP contribution is -2.18. The molecule has 0 aliphatic heterocycles. The molecule has 0 saturated carbocycles. The molecule has 0 atom stereocenters. The van der Waals surface area contributed by atoms with Crippen molar-refractivity contribution in [2.75, 3.05) is 7.11 Å². The molecule has 0 aliphatic rings. The van der Waals surface area contributed by atoms with Gasteiger partial charge in [0.15, 0.2) is 0 Å². The van der Waals surface area contributed by atoms with Gasteiger partial charge in [-0.25, -0.2) is 4.83 Å². The molecule has 140 valence electrons. The van der Waals surface area contributed by atoms with Gasteiger partial charge in [-0.1, -0.05) is 19.1 Å². The van der Waals surface area contributed by atoms with Crippen LogP contribution in [-0.2, 0) is 16.4 Å². The summed E-state index contributed by atoms with van der Waals surface area (Å²) in [7, 11) is -2.12. The summed E-state index contributed by atoms with van der Waals surface area (Å²) in [5.74, 6) is 0.746. The average Bonchev–Trinajstić information content (AvgIpc) is 3.16. The number of sulfonamides is 1. The van der Waals surface area contributed by atoms with Crippen LogP contribution in [0.4, 0.5) is 0 Å². The largest absolute Gasteiger partial charge is 0.497 e. The van der Waals surface area contributed by atoms with Crippen LogP contribution in [-0.4, -0.2) is 31.9 Å². The zero-order valence-electron chi connectivity index (χ0n) is 15.0. The van der Waals surface area contributed by atoms with E-state index in [1.807, 2.05) is 31.2 Å². The summed E-state index contributed by atoms with van der Waals surface area (Å²) in [6, 6.07) is 14.1. The van der Waals surface area contributed by atoms with Gasteiger partial charge in [-0.05, 0) is 48.4 Å². The molecule has 0 bridgehead atoms. The van der Waals surface area contributed by atoms with Crippen LogP contribution in [0, 0.1) is 0 Å². The second-order valence-electron chi connectivity index (χ2n) is 5.78. The predicted molar refractivity (Wildman–Crippen MR) is 104 cm³/mol. The Kier molecular flexibility index (Phi) is 5.56. The van der Waals surface area contributed by atoms with Crippen molar-refractivity contribution in [2.45, 2.75) is 18.2 Å². The molecule has 1 aromatic heterocycles. The van der Waals surface area contributed by atoms with E-state index in [-0.39, 0.29) is 4.90 Å².